The first kappa shape index (κ1) is 10.3. The minimum Gasteiger partial charge on any atom is -0.487 e. The van der Waals surface area contributed by atoms with Crippen molar-refractivity contribution < 1.29 is 14.6 Å². The van der Waals surface area contributed by atoms with Gasteiger partial charge in [-0.3, -0.25) is 0 Å². The van der Waals surface area contributed by atoms with E-state index >= 15 is 0 Å². The molecule has 1 aliphatic rings. The van der Waals surface area contributed by atoms with Crippen molar-refractivity contribution in [1.29, 1.82) is 0 Å². The maximum absolute atomic E-state index is 9.39. The predicted molar refractivity (Wildman–Crippen MR) is 57.5 cm³/mol. The van der Waals surface area contributed by atoms with Crippen LogP contribution < -0.4 is 9.47 Å². The van der Waals surface area contributed by atoms with E-state index in [0.717, 1.165) is 11.5 Å². The molecule has 0 radical (unpaired) electrons. The molecule has 0 fully saturated rings. The maximum atomic E-state index is 9.39. The third kappa shape index (κ3) is 2.23. The Morgan fingerprint density at radius 2 is 1.87 bits per heavy atom. The van der Waals surface area contributed by atoms with E-state index in [0.29, 0.717) is 19.1 Å². The van der Waals surface area contributed by atoms with E-state index in [9.17, 15) is 5.11 Å². The minimum atomic E-state index is -0.542. The molecule has 1 N–H and O–H groups in total. The van der Waals surface area contributed by atoms with Crippen LogP contribution in [0.25, 0.3) is 0 Å². The van der Waals surface area contributed by atoms with Crippen molar-refractivity contribution in [2.45, 2.75) is 25.9 Å². The molecule has 1 aromatic rings. The molecule has 0 aromatic heterocycles. The number of fused-ring (bicyclic) bond motifs is 1. The maximum Gasteiger partial charge on any atom is 0.161 e. The smallest absolute Gasteiger partial charge is 0.161 e. The summed E-state index contributed by atoms with van der Waals surface area (Å²) in [7, 11) is 0. The van der Waals surface area contributed by atoms with Gasteiger partial charge in [0.1, 0.15) is 19.3 Å². The first-order valence-electron chi connectivity index (χ1n) is 5.24. The van der Waals surface area contributed by atoms with Gasteiger partial charge in [0.05, 0.1) is 0 Å². The van der Waals surface area contributed by atoms with Gasteiger partial charge in [-0.25, -0.2) is 0 Å². The van der Waals surface area contributed by atoms with Crippen molar-refractivity contribution in [3.05, 3.63) is 23.8 Å². The van der Waals surface area contributed by atoms with Gasteiger partial charge in [0, 0.05) is 0 Å². The molecule has 3 heteroatoms. The fourth-order valence-corrected chi connectivity index (χ4v) is 1.54. The van der Waals surface area contributed by atoms with Crippen LogP contribution in [0.3, 0.4) is 0 Å². The van der Waals surface area contributed by atoms with Crippen LogP contribution in [0.5, 0.6) is 11.5 Å². The molecule has 0 amide bonds. The fourth-order valence-electron chi connectivity index (χ4n) is 1.54. The summed E-state index contributed by atoms with van der Waals surface area (Å²) in [5.74, 6) is 1.92. The van der Waals surface area contributed by atoms with Crippen LogP contribution in [0, 0.1) is 0 Å². The monoisotopic (exact) mass is 208 g/mol. The number of benzene rings is 1. The Hall–Kier alpha value is -1.22. The molecule has 1 heterocycles. The van der Waals surface area contributed by atoms with Gasteiger partial charge in [-0.1, -0.05) is 19.9 Å². The molecule has 1 unspecified atom stereocenters. The summed E-state index contributed by atoms with van der Waals surface area (Å²) < 4.78 is 10.9. The zero-order chi connectivity index (χ0) is 10.8. The second kappa shape index (κ2) is 4.11. The highest BCUT2D eigenvalue weighted by Crippen LogP contribution is 2.32. The van der Waals surface area contributed by atoms with Crippen molar-refractivity contribution in [3.8, 4) is 11.5 Å². The Labute approximate surface area is 89.6 Å². The Kier molecular flexibility index (Phi) is 2.82. The van der Waals surface area contributed by atoms with Crippen LogP contribution in [0.4, 0.5) is 0 Å². The molecule has 0 saturated carbocycles. The first-order chi connectivity index (χ1) is 7.16. The highest BCUT2D eigenvalue weighted by molar-refractivity contribution is 5.44. The predicted octanol–water partition coefficient (Wildman–Crippen LogP) is 1.94. The van der Waals surface area contributed by atoms with Crippen molar-refractivity contribution in [2.75, 3.05) is 13.2 Å². The quantitative estimate of drug-likeness (QED) is 0.766. The van der Waals surface area contributed by atoms with Crippen molar-refractivity contribution in [1.82, 2.24) is 0 Å². The first-order valence-corrected chi connectivity index (χ1v) is 5.24. The average molecular weight is 208 g/mol. The molecular weight excluding hydrogens is 192 g/mol. The van der Waals surface area contributed by atoms with Gasteiger partial charge in [0.15, 0.2) is 11.5 Å². The van der Waals surface area contributed by atoms with Crippen molar-refractivity contribution in [3.63, 3.8) is 0 Å². The van der Waals surface area contributed by atoms with Gasteiger partial charge < -0.3 is 14.6 Å². The normalized spacial score (nSPS) is 20.1. The number of hydrogen-bond donors (Lipinski definition) is 1. The summed E-state index contributed by atoms with van der Waals surface area (Å²) in [6, 6.07) is 5.92. The van der Waals surface area contributed by atoms with Gasteiger partial charge in [-0.2, -0.15) is 0 Å². The summed E-state index contributed by atoms with van der Waals surface area (Å²) in [6.45, 7) is 4.87. The Morgan fingerprint density at radius 3 is 2.53 bits per heavy atom. The van der Waals surface area contributed by atoms with Gasteiger partial charge >= 0.3 is 0 Å². The topological polar surface area (TPSA) is 38.7 Å². The highest BCUT2D eigenvalue weighted by Gasteiger charge is 2.16. The van der Waals surface area contributed by atoms with Crippen LogP contribution in [0.2, 0.25) is 0 Å². The molecular formula is C12H16O3. The second-order valence-corrected chi connectivity index (χ2v) is 4.14. The number of aliphatic hydroxyl groups excluding tert-OH is 1. The van der Waals surface area contributed by atoms with E-state index in [1.54, 1.807) is 0 Å². The second-order valence-electron chi connectivity index (χ2n) is 4.14. The van der Waals surface area contributed by atoms with Crippen LogP contribution in [-0.2, 0) is 0 Å². The molecule has 3 nitrogen and oxygen atoms in total. The fraction of sp³-hybridized carbons (Fsp3) is 0.500. The number of rotatable bonds is 1. The number of hydrogen-bond acceptors (Lipinski definition) is 3. The third-order valence-corrected chi connectivity index (χ3v) is 2.50. The lowest BCUT2D eigenvalue weighted by Crippen LogP contribution is -2.21. The Bertz CT molecular complexity index is 347. The average Bonchev–Trinajstić information content (AvgIpc) is 2.40. The summed E-state index contributed by atoms with van der Waals surface area (Å²) in [4.78, 5) is 0. The molecule has 1 atom stereocenters. The van der Waals surface area contributed by atoms with Gasteiger partial charge in [-0.15, -0.1) is 0 Å². The summed E-state index contributed by atoms with van der Waals surface area (Å²) in [5.41, 5.74) is 1.22. The van der Waals surface area contributed by atoms with E-state index in [-0.39, 0.29) is 0 Å². The number of aliphatic hydroxyl groups is 1. The van der Waals surface area contributed by atoms with Crippen molar-refractivity contribution in [2.24, 2.45) is 0 Å². The van der Waals surface area contributed by atoms with Gasteiger partial charge in [0.2, 0.25) is 0 Å². The van der Waals surface area contributed by atoms with Crippen LogP contribution in [0.15, 0.2) is 18.2 Å². The largest absolute Gasteiger partial charge is 0.487 e. The molecule has 0 bridgehead atoms. The molecule has 0 aliphatic carbocycles. The number of ether oxygens (including phenoxy) is 2. The van der Waals surface area contributed by atoms with E-state index < -0.39 is 6.10 Å². The van der Waals surface area contributed by atoms with E-state index in [4.69, 9.17) is 9.47 Å². The molecule has 1 aliphatic heterocycles. The zero-order valence-corrected chi connectivity index (χ0v) is 9.06. The Balaban J connectivity index is 2.28. The van der Waals surface area contributed by atoms with Gasteiger partial charge in [0.25, 0.3) is 0 Å². The van der Waals surface area contributed by atoms with E-state index in [2.05, 4.69) is 13.8 Å². The highest BCUT2D eigenvalue weighted by atomic mass is 16.5. The summed E-state index contributed by atoms with van der Waals surface area (Å²) in [5, 5.41) is 9.39. The molecule has 82 valence electrons. The summed E-state index contributed by atoms with van der Waals surface area (Å²) >= 11 is 0. The van der Waals surface area contributed by atoms with Gasteiger partial charge in [-0.05, 0) is 23.6 Å². The zero-order valence-electron chi connectivity index (χ0n) is 9.06. The van der Waals surface area contributed by atoms with E-state index in [1.807, 2.05) is 18.2 Å². The lowest BCUT2D eigenvalue weighted by atomic mass is 10.0. The Morgan fingerprint density at radius 1 is 1.20 bits per heavy atom. The van der Waals surface area contributed by atoms with Crippen molar-refractivity contribution >= 4 is 0 Å². The molecule has 2 rings (SSSR count). The SMILES string of the molecule is CC(C)c1ccc2c(c1)OCC(O)CO2. The molecule has 0 spiro atoms. The lowest BCUT2D eigenvalue weighted by Gasteiger charge is -2.10. The standard InChI is InChI=1S/C12H16O3/c1-8(2)9-3-4-11-12(5-9)15-7-10(13)6-14-11/h3-5,8,10,13H,6-7H2,1-2H3. The summed E-state index contributed by atoms with van der Waals surface area (Å²) in [6.07, 6.45) is -0.542. The van der Waals surface area contributed by atoms with Crippen LogP contribution >= 0.6 is 0 Å². The molecule has 0 saturated heterocycles. The van der Waals surface area contributed by atoms with Crippen LogP contribution in [0.1, 0.15) is 25.3 Å². The van der Waals surface area contributed by atoms with E-state index in [1.165, 1.54) is 5.56 Å². The van der Waals surface area contributed by atoms with Crippen LogP contribution in [-0.4, -0.2) is 24.4 Å². The molecule has 15 heavy (non-hydrogen) atoms. The molecule has 1 aromatic carbocycles. The third-order valence-electron chi connectivity index (χ3n) is 2.50. The minimum absolute atomic E-state index is 0.300. The lowest BCUT2D eigenvalue weighted by molar-refractivity contribution is 0.0802.